The average Bonchev–Trinajstić information content (AvgIpc) is 3.06. The quantitative estimate of drug-likeness (QED) is 0.765. The lowest BCUT2D eigenvalue weighted by Crippen LogP contribution is -2.45. The molecule has 1 N–H and O–H groups in total. The van der Waals surface area contributed by atoms with E-state index in [0.717, 1.165) is 20.5 Å². The summed E-state index contributed by atoms with van der Waals surface area (Å²) in [6.45, 7) is 3.06. The second kappa shape index (κ2) is 6.24. The maximum Gasteiger partial charge on any atom is 0.263 e. The van der Waals surface area contributed by atoms with Crippen LogP contribution in [0.3, 0.4) is 0 Å². The highest BCUT2D eigenvalue weighted by Gasteiger charge is 2.36. The van der Waals surface area contributed by atoms with E-state index < -0.39 is 5.60 Å². The van der Waals surface area contributed by atoms with Gasteiger partial charge < -0.3 is 10.0 Å². The number of piperidine rings is 1. The molecule has 1 fully saturated rings. The molecule has 1 aliphatic rings. The van der Waals surface area contributed by atoms with Gasteiger partial charge in [-0.25, -0.2) is 0 Å². The number of thiophene rings is 1. The normalized spacial score (nSPS) is 17.0. The summed E-state index contributed by atoms with van der Waals surface area (Å²) in [5.41, 5.74) is 0.835. The highest BCUT2D eigenvalue weighted by atomic mass is 32.1. The van der Waals surface area contributed by atoms with Gasteiger partial charge >= 0.3 is 0 Å². The molecule has 3 aromatic rings. The van der Waals surface area contributed by atoms with Gasteiger partial charge in [-0.2, -0.15) is 0 Å². The topological polar surface area (TPSA) is 53.4 Å². The minimum Gasteiger partial charge on any atom is -0.383 e. The van der Waals surface area contributed by atoms with Crippen molar-refractivity contribution in [2.24, 2.45) is 0 Å². The molecule has 4 nitrogen and oxygen atoms in total. The third kappa shape index (κ3) is 3.05. The Morgan fingerprint density at radius 2 is 1.96 bits per heavy atom. The molecular weight excluding hydrogens is 332 g/mol. The molecule has 3 heterocycles. The van der Waals surface area contributed by atoms with Gasteiger partial charge in [0.1, 0.15) is 5.60 Å². The van der Waals surface area contributed by atoms with Crippen molar-refractivity contribution in [1.82, 2.24) is 9.88 Å². The van der Waals surface area contributed by atoms with E-state index in [4.69, 9.17) is 0 Å². The van der Waals surface area contributed by atoms with E-state index in [0.29, 0.717) is 31.6 Å². The Hall–Kier alpha value is -2.24. The minimum atomic E-state index is -0.940. The maximum atomic E-state index is 12.8. The molecule has 0 bridgehead atoms. The summed E-state index contributed by atoms with van der Waals surface area (Å²) >= 11 is 1.53. The molecule has 1 aliphatic heterocycles. The molecule has 4 rings (SSSR count). The average molecular weight is 352 g/mol. The highest BCUT2D eigenvalue weighted by Crippen LogP contribution is 2.33. The SMILES string of the molecule is Cc1ccc(C2(O)CCN(C(=O)c3cc4ccccc4s3)CC2)nc1. The fourth-order valence-electron chi connectivity index (χ4n) is 3.32. The summed E-state index contributed by atoms with van der Waals surface area (Å²) in [6, 6.07) is 13.9. The van der Waals surface area contributed by atoms with Crippen molar-refractivity contribution in [1.29, 1.82) is 0 Å². The zero-order valence-electron chi connectivity index (χ0n) is 14.1. The second-order valence-electron chi connectivity index (χ2n) is 6.69. The van der Waals surface area contributed by atoms with Crippen LogP contribution in [0.2, 0.25) is 0 Å². The smallest absolute Gasteiger partial charge is 0.263 e. The van der Waals surface area contributed by atoms with Gasteiger partial charge in [0.15, 0.2) is 0 Å². The largest absolute Gasteiger partial charge is 0.383 e. The number of amides is 1. The Morgan fingerprint density at radius 1 is 1.20 bits per heavy atom. The molecule has 0 saturated carbocycles. The predicted octanol–water partition coefficient (Wildman–Crippen LogP) is 3.73. The van der Waals surface area contributed by atoms with Crippen LogP contribution in [-0.2, 0) is 5.60 Å². The first-order valence-electron chi connectivity index (χ1n) is 8.49. The lowest BCUT2D eigenvalue weighted by molar-refractivity contribution is -0.0243. The number of aryl methyl sites for hydroxylation is 1. The van der Waals surface area contributed by atoms with Crippen LogP contribution < -0.4 is 0 Å². The van der Waals surface area contributed by atoms with Crippen LogP contribution >= 0.6 is 11.3 Å². The first-order chi connectivity index (χ1) is 12.0. The van der Waals surface area contributed by atoms with Crippen molar-refractivity contribution >= 4 is 27.3 Å². The van der Waals surface area contributed by atoms with Crippen LogP contribution in [0.1, 0.15) is 33.8 Å². The summed E-state index contributed by atoms with van der Waals surface area (Å²) in [5, 5.41) is 12.0. The number of nitrogens with zero attached hydrogens (tertiary/aromatic N) is 2. The Morgan fingerprint density at radius 3 is 2.64 bits per heavy atom. The Bertz CT molecular complexity index is 876. The first kappa shape index (κ1) is 16.2. The van der Waals surface area contributed by atoms with Gasteiger partial charge in [-0.1, -0.05) is 24.3 Å². The Balaban J connectivity index is 1.49. The van der Waals surface area contributed by atoms with Gasteiger partial charge in [0.05, 0.1) is 10.6 Å². The molecule has 0 atom stereocenters. The molecule has 5 heteroatoms. The zero-order chi connectivity index (χ0) is 17.4. The number of aliphatic hydroxyl groups is 1. The van der Waals surface area contributed by atoms with Gasteiger partial charge in [0.25, 0.3) is 5.91 Å². The van der Waals surface area contributed by atoms with Gasteiger partial charge in [-0.15, -0.1) is 11.3 Å². The first-order valence-corrected chi connectivity index (χ1v) is 9.30. The highest BCUT2D eigenvalue weighted by molar-refractivity contribution is 7.20. The molecule has 0 unspecified atom stereocenters. The lowest BCUT2D eigenvalue weighted by atomic mass is 9.87. The number of rotatable bonds is 2. The van der Waals surface area contributed by atoms with Gasteiger partial charge in [0, 0.05) is 24.0 Å². The number of carbonyl (C=O) groups is 1. The van der Waals surface area contributed by atoms with E-state index in [1.54, 1.807) is 6.20 Å². The van der Waals surface area contributed by atoms with E-state index in [1.165, 1.54) is 11.3 Å². The van der Waals surface area contributed by atoms with E-state index in [-0.39, 0.29) is 5.91 Å². The number of pyridine rings is 1. The molecule has 1 saturated heterocycles. The summed E-state index contributed by atoms with van der Waals surface area (Å²) in [7, 11) is 0. The molecule has 0 aliphatic carbocycles. The van der Waals surface area contributed by atoms with Crippen molar-refractivity contribution in [3.8, 4) is 0 Å². The number of fused-ring (bicyclic) bond motifs is 1. The van der Waals surface area contributed by atoms with Crippen LogP contribution in [0.15, 0.2) is 48.7 Å². The van der Waals surface area contributed by atoms with E-state index in [1.807, 2.05) is 54.3 Å². The van der Waals surface area contributed by atoms with Crippen molar-refractivity contribution in [2.75, 3.05) is 13.1 Å². The Kier molecular flexibility index (Phi) is 4.06. The maximum absolute atomic E-state index is 12.8. The molecule has 0 spiro atoms. The fourth-order valence-corrected chi connectivity index (χ4v) is 4.35. The molecule has 128 valence electrons. The molecule has 25 heavy (non-hydrogen) atoms. The third-order valence-corrected chi connectivity index (χ3v) is 6.01. The molecule has 1 aromatic carbocycles. The third-order valence-electron chi connectivity index (χ3n) is 4.90. The van der Waals surface area contributed by atoms with Crippen molar-refractivity contribution < 1.29 is 9.90 Å². The monoisotopic (exact) mass is 352 g/mol. The van der Waals surface area contributed by atoms with Crippen molar-refractivity contribution in [2.45, 2.75) is 25.4 Å². The summed E-state index contributed by atoms with van der Waals surface area (Å²) in [4.78, 5) is 19.8. The van der Waals surface area contributed by atoms with Crippen molar-refractivity contribution in [3.63, 3.8) is 0 Å². The van der Waals surface area contributed by atoms with E-state index >= 15 is 0 Å². The summed E-state index contributed by atoms with van der Waals surface area (Å²) in [5.74, 6) is 0.0557. The lowest BCUT2D eigenvalue weighted by Gasteiger charge is -2.37. The van der Waals surface area contributed by atoms with Crippen LogP contribution in [0.5, 0.6) is 0 Å². The number of hydrogen-bond acceptors (Lipinski definition) is 4. The standard InChI is InChI=1S/C20H20N2O2S/c1-14-6-7-18(21-13-14)20(24)8-10-22(11-9-20)19(23)17-12-15-4-2-3-5-16(15)25-17/h2-7,12-13,24H,8-11H2,1H3. The molecule has 0 radical (unpaired) electrons. The van der Waals surface area contributed by atoms with Crippen molar-refractivity contribution in [3.05, 3.63) is 64.8 Å². The predicted molar refractivity (Wildman–Crippen MR) is 99.8 cm³/mol. The van der Waals surface area contributed by atoms with Gasteiger partial charge in [0.2, 0.25) is 0 Å². The minimum absolute atomic E-state index is 0.0557. The van der Waals surface area contributed by atoms with Crippen LogP contribution in [-0.4, -0.2) is 34.0 Å². The van der Waals surface area contributed by atoms with Gasteiger partial charge in [-0.05, 0) is 48.9 Å². The number of carbonyl (C=O) groups excluding carboxylic acids is 1. The second-order valence-corrected chi connectivity index (χ2v) is 7.78. The molecule has 1 amide bonds. The van der Waals surface area contributed by atoms with Crippen LogP contribution in [0.25, 0.3) is 10.1 Å². The van der Waals surface area contributed by atoms with E-state index in [2.05, 4.69) is 4.98 Å². The Labute approximate surface area is 150 Å². The number of hydrogen-bond donors (Lipinski definition) is 1. The fraction of sp³-hybridized carbons (Fsp3) is 0.300. The summed E-state index contributed by atoms with van der Waals surface area (Å²) in [6.07, 6.45) is 2.81. The molecule has 2 aromatic heterocycles. The number of likely N-dealkylation sites (tertiary alicyclic amines) is 1. The number of aromatic nitrogens is 1. The zero-order valence-corrected chi connectivity index (χ0v) is 14.9. The van der Waals surface area contributed by atoms with E-state index in [9.17, 15) is 9.90 Å². The summed E-state index contributed by atoms with van der Waals surface area (Å²) < 4.78 is 1.13. The van der Waals surface area contributed by atoms with Crippen LogP contribution in [0, 0.1) is 6.92 Å². The van der Waals surface area contributed by atoms with Crippen LogP contribution in [0.4, 0.5) is 0 Å². The van der Waals surface area contributed by atoms with Gasteiger partial charge in [-0.3, -0.25) is 9.78 Å². The number of benzene rings is 1. The molecular formula is C20H20N2O2S.